The third kappa shape index (κ3) is 5.91. The zero-order chi connectivity index (χ0) is 15.8. The van der Waals surface area contributed by atoms with Crippen LogP contribution in [0.2, 0.25) is 0 Å². The van der Waals surface area contributed by atoms with Gasteiger partial charge in [0.05, 0.1) is 18.1 Å². The summed E-state index contributed by atoms with van der Waals surface area (Å²) in [7, 11) is 0. The fourth-order valence-corrected chi connectivity index (χ4v) is 1.62. The third-order valence-electron chi connectivity index (χ3n) is 3.02. The Bertz CT molecular complexity index is 492. The van der Waals surface area contributed by atoms with E-state index in [1.165, 1.54) is 18.2 Å². The van der Waals surface area contributed by atoms with Crippen LogP contribution in [0.3, 0.4) is 0 Å². The van der Waals surface area contributed by atoms with Crippen LogP contribution in [-0.2, 0) is 4.79 Å². The van der Waals surface area contributed by atoms with Crippen LogP contribution in [0, 0.1) is 11.7 Å². The lowest BCUT2D eigenvalue weighted by Gasteiger charge is -2.14. The van der Waals surface area contributed by atoms with Crippen molar-refractivity contribution >= 4 is 11.8 Å². The second-order valence-electron chi connectivity index (χ2n) is 5.10. The quantitative estimate of drug-likeness (QED) is 0.659. The van der Waals surface area contributed by atoms with Crippen molar-refractivity contribution < 1.29 is 19.1 Å². The number of nitrogens with one attached hydrogen (secondary N) is 2. The van der Waals surface area contributed by atoms with Gasteiger partial charge in [-0.05, 0) is 18.1 Å². The van der Waals surface area contributed by atoms with Gasteiger partial charge in [0.15, 0.2) is 0 Å². The molecule has 5 nitrogen and oxygen atoms in total. The summed E-state index contributed by atoms with van der Waals surface area (Å²) >= 11 is 0. The highest BCUT2D eigenvalue weighted by atomic mass is 19.1. The van der Waals surface area contributed by atoms with Gasteiger partial charge in [0, 0.05) is 13.1 Å². The Morgan fingerprint density at radius 2 is 1.81 bits per heavy atom. The first-order valence-electron chi connectivity index (χ1n) is 6.89. The number of carbonyl (C=O) groups is 2. The largest absolute Gasteiger partial charge is 0.392 e. The monoisotopic (exact) mass is 296 g/mol. The maximum Gasteiger partial charge on any atom is 0.254 e. The molecule has 0 radical (unpaired) electrons. The Morgan fingerprint density at radius 1 is 1.19 bits per heavy atom. The van der Waals surface area contributed by atoms with Gasteiger partial charge >= 0.3 is 0 Å². The molecule has 0 heterocycles. The summed E-state index contributed by atoms with van der Waals surface area (Å²) in [6, 6.07) is 5.69. The van der Waals surface area contributed by atoms with Crippen molar-refractivity contribution in [3.63, 3.8) is 0 Å². The van der Waals surface area contributed by atoms with E-state index in [0.29, 0.717) is 0 Å². The molecule has 1 aromatic carbocycles. The molecule has 0 aliphatic heterocycles. The molecule has 21 heavy (non-hydrogen) atoms. The molecule has 1 aromatic rings. The first-order chi connectivity index (χ1) is 9.91. The zero-order valence-electron chi connectivity index (χ0n) is 12.2. The van der Waals surface area contributed by atoms with Crippen LogP contribution < -0.4 is 10.6 Å². The molecule has 116 valence electrons. The Morgan fingerprint density at radius 3 is 2.43 bits per heavy atom. The molecule has 0 saturated heterocycles. The van der Waals surface area contributed by atoms with E-state index < -0.39 is 17.8 Å². The van der Waals surface area contributed by atoms with Crippen LogP contribution in [0.1, 0.15) is 30.6 Å². The molecule has 0 bridgehead atoms. The average molecular weight is 296 g/mol. The minimum atomic E-state index is -0.682. The lowest BCUT2D eigenvalue weighted by Crippen LogP contribution is -2.36. The van der Waals surface area contributed by atoms with Gasteiger partial charge in [-0.2, -0.15) is 0 Å². The van der Waals surface area contributed by atoms with Crippen molar-refractivity contribution in [3.8, 4) is 0 Å². The third-order valence-corrected chi connectivity index (χ3v) is 3.02. The maximum atomic E-state index is 13.3. The van der Waals surface area contributed by atoms with E-state index in [9.17, 15) is 19.1 Å². The number of amides is 2. The molecule has 0 spiro atoms. The molecule has 0 fully saturated rings. The van der Waals surface area contributed by atoms with E-state index in [1.807, 2.05) is 13.8 Å². The second-order valence-corrected chi connectivity index (χ2v) is 5.10. The van der Waals surface area contributed by atoms with E-state index in [2.05, 4.69) is 10.6 Å². The highest BCUT2D eigenvalue weighted by Crippen LogP contribution is 2.06. The minimum Gasteiger partial charge on any atom is -0.392 e. The van der Waals surface area contributed by atoms with E-state index in [4.69, 9.17) is 0 Å². The smallest absolute Gasteiger partial charge is 0.254 e. The molecule has 1 atom stereocenters. The van der Waals surface area contributed by atoms with E-state index in [1.54, 1.807) is 6.07 Å². The van der Waals surface area contributed by atoms with Gasteiger partial charge < -0.3 is 15.7 Å². The fraction of sp³-hybridized carbons (Fsp3) is 0.467. The first kappa shape index (κ1) is 17.1. The van der Waals surface area contributed by atoms with Gasteiger partial charge in [0.1, 0.15) is 5.82 Å². The molecule has 0 aliphatic carbocycles. The highest BCUT2D eigenvalue weighted by Gasteiger charge is 2.14. The molecule has 3 N–H and O–H groups in total. The van der Waals surface area contributed by atoms with Gasteiger partial charge in [-0.15, -0.1) is 0 Å². The average Bonchev–Trinajstić information content (AvgIpc) is 2.43. The predicted molar refractivity (Wildman–Crippen MR) is 77.2 cm³/mol. The number of aliphatic hydroxyl groups excluding tert-OH is 1. The Balaban J connectivity index is 2.27. The highest BCUT2D eigenvalue weighted by molar-refractivity contribution is 5.94. The van der Waals surface area contributed by atoms with Crippen LogP contribution in [-0.4, -0.2) is 36.1 Å². The lowest BCUT2D eigenvalue weighted by molar-refractivity contribution is -0.123. The molecular weight excluding hydrogens is 275 g/mol. The van der Waals surface area contributed by atoms with Crippen LogP contribution in [0.25, 0.3) is 0 Å². The van der Waals surface area contributed by atoms with E-state index >= 15 is 0 Å². The van der Waals surface area contributed by atoms with Gasteiger partial charge in [-0.25, -0.2) is 4.39 Å². The summed E-state index contributed by atoms with van der Waals surface area (Å²) in [5.74, 6) is -1.38. The van der Waals surface area contributed by atoms with E-state index in [0.717, 1.165) is 0 Å². The topological polar surface area (TPSA) is 78.4 Å². The zero-order valence-corrected chi connectivity index (χ0v) is 12.2. The SMILES string of the molecule is CC(C)C(O)CC(=O)NCCNC(=O)c1ccccc1F. The van der Waals surface area contributed by atoms with Gasteiger partial charge in [0.2, 0.25) is 5.91 Å². The second kappa shape index (κ2) is 8.36. The number of hydrogen-bond donors (Lipinski definition) is 3. The van der Waals surface area contributed by atoms with Gasteiger partial charge in [-0.1, -0.05) is 26.0 Å². The first-order valence-corrected chi connectivity index (χ1v) is 6.89. The van der Waals surface area contributed by atoms with Gasteiger partial charge in [-0.3, -0.25) is 9.59 Å². The molecule has 1 unspecified atom stereocenters. The van der Waals surface area contributed by atoms with Crippen molar-refractivity contribution in [2.75, 3.05) is 13.1 Å². The van der Waals surface area contributed by atoms with Crippen LogP contribution >= 0.6 is 0 Å². The van der Waals surface area contributed by atoms with Crippen LogP contribution in [0.15, 0.2) is 24.3 Å². The Hall–Kier alpha value is -1.95. The molecule has 2 amide bonds. The van der Waals surface area contributed by atoms with E-state index in [-0.39, 0.29) is 36.9 Å². The summed E-state index contributed by atoms with van der Waals surface area (Å²) in [4.78, 5) is 23.2. The normalized spacial score (nSPS) is 12.0. The molecule has 0 saturated carbocycles. The summed E-state index contributed by atoms with van der Waals surface area (Å²) in [5, 5.41) is 14.6. The van der Waals surface area contributed by atoms with Crippen LogP contribution in [0.5, 0.6) is 0 Å². The Kier molecular flexibility index (Phi) is 6.81. The maximum absolute atomic E-state index is 13.3. The van der Waals surface area contributed by atoms with Crippen molar-refractivity contribution in [2.45, 2.75) is 26.4 Å². The molecule has 6 heteroatoms. The molecule has 0 aromatic heterocycles. The molecular formula is C15H21FN2O3. The fourth-order valence-electron chi connectivity index (χ4n) is 1.62. The van der Waals surface area contributed by atoms with Crippen molar-refractivity contribution in [3.05, 3.63) is 35.6 Å². The minimum absolute atomic E-state index is 0.0107. The summed E-state index contributed by atoms with van der Waals surface area (Å²) < 4.78 is 13.3. The van der Waals surface area contributed by atoms with Crippen molar-refractivity contribution in [1.29, 1.82) is 0 Å². The number of aliphatic hydroxyl groups is 1. The standard InChI is InChI=1S/C15H21FN2O3/c1-10(2)13(19)9-14(20)17-7-8-18-15(21)11-5-3-4-6-12(11)16/h3-6,10,13,19H,7-9H2,1-2H3,(H,17,20)(H,18,21). The lowest BCUT2D eigenvalue weighted by atomic mass is 10.0. The summed E-state index contributed by atoms with van der Waals surface area (Å²) in [5.41, 5.74) is -0.0287. The number of benzene rings is 1. The number of rotatable bonds is 7. The molecule has 1 rings (SSSR count). The summed E-state index contributed by atoms with van der Waals surface area (Å²) in [6.45, 7) is 4.07. The number of hydrogen-bond acceptors (Lipinski definition) is 3. The number of halogens is 1. The van der Waals surface area contributed by atoms with Crippen molar-refractivity contribution in [2.24, 2.45) is 5.92 Å². The Labute approximate surface area is 123 Å². The summed E-state index contributed by atoms with van der Waals surface area (Å²) in [6.07, 6.45) is -0.656. The van der Waals surface area contributed by atoms with Crippen molar-refractivity contribution in [1.82, 2.24) is 10.6 Å². The van der Waals surface area contributed by atoms with Gasteiger partial charge in [0.25, 0.3) is 5.91 Å². The van der Waals surface area contributed by atoms with Crippen LogP contribution in [0.4, 0.5) is 4.39 Å². The molecule has 0 aliphatic rings. The predicted octanol–water partition coefficient (Wildman–Crippen LogP) is 1.08. The number of carbonyl (C=O) groups excluding carboxylic acids is 2.